The number of unbranched alkanes of at least 4 members (excludes halogenated alkanes) is 23. The summed E-state index contributed by atoms with van der Waals surface area (Å²) in [7, 11) is 1.12. The number of quaternary nitrogens is 1. The second-order valence-corrected chi connectivity index (χ2v) is 23.9. The molecule has 3 atom stereocenters. The van der Waals surface area contributed by atoms with E-state index < -0.39 is 26.6 Å². The van der Waals surface area contributed by atoms with Crippen LogP contribution in [0.25, 0.3) is 0 Å². The van der Waals surface area contributed by atoms with Crippen LogP contribution in [-0.4, -0.2) is 69.4 Å². The van der Waals surface area contributed by atoms with E-state index in [1.165, 1.54) is 122 Å². The molecule has 1 N–H and O–H groups in total. The molecule has 0 saturated heterocycles. The Morgan fingerprint density at radius 1 is 0.450 bits per heavy atom. The van der Waals surface area contributed by atoms with Crippen LogP contribution in [0.4, 0.5) is 0 Å². The van der Waals surface area contributed by atoms with E-state index in [0.717, 1.165) is 89.9 Å². The molecule has 1 amide bonds. The SMILES string of the molecule is CC/C=C/C/C=C/C/C=C/C/C=C/C/C=C/CCC(=O)NC(COP(=O)([O-])OCC[N+](C)(C)C)C(/C=C\CCCCCCCCCCC)OC(=O)CCCCCCCCCCCCC/C=C\C/C=C\C/C=C\C/C=C\CCCCC. The number of nitrogens with one attached hydrogen (secondary N) is 1. The van der Waals surface area contributed by atoms with Crippen molar-refractivity contribution in [3.8, 4) is 0 Å². The van der Waals surface area contributed by atoms with E-state index in [2.05, 4.69) is 123 Å². The summed E-state index contributed by atoms with van der Waals surface area (Å²) < 4.78 is 30.2. The van der Waals surface area contributed by atoms with Crippen LogP contribution in [0.3, 0.4) is 0 Å². The van der Waals surface area contributed by atoms with Crippen molar-refractivity contribution in [2.45, 2.75) is 270 Å². The van der Waals surface area contributed by atoms with Gasteiger partial charge in [-0.2, -0.15) is 0 Å². The van der Waals surface area contributed by atoms with Gasteiger partial charge in [-0.25, -0.2) is 0 Å². The van der Waals surface area contributed by atoms with E-state index in [1.54, 1.807) is 0 Å². The number of carbonyl (C=O) groups is 2. The van der Waals surface area contributed by atoms with Crippen LogP contribution in [0.2, 0.25) is 0 Å². The van der Waals surface area contributed by atoms with Crippen molar-refractivity contribution in [1.82, 2.24) is 5.32 Å². The van der Waals surface area contributed by atoms with Gasteiger partial charge in [0.15, 0.2) is 0 Å². The van der Waals surface area contributed by atoms with Crippen LogP contribution in [0, 0.1) is 0 Å². The minimum Gasteiger partial charge on any atom is -0.756 e. The molecule has 0 aliphatic rings. The van der Waals surface area contributed by atoms with Gasteiger partial charge >= 0.3 is 5.97 Å². The van der Waals surface area contributed by atoms with Gasteiger partial charge in [-0.15, -0.1) is 0 Å². The van der Waals surface area contributed by atoms with E-state index in [9.17, 15) is 19.0 Å². The lowest BCUT2D eigenvalue weighted by Crippen LogP contribution is -2.47. The summed E-state index contributed by atoms with van der Waals surface area (Å²) in [4.78, 5) is 40.0. The molecule has 9 nitrogen and oxygen atoms in total. The third-order valence-electron chi connectivity index (χ3n) is 13.6. The maximum atomic E-state index is 13.5. The van der Waals surface area contributed by atoms with Crippen LogP contribution in [0.5, 0.6) is 0 Å². The summed E-state index contributed by atoms with van der Waals surface area (Å²) >= 11 is 0. The average Bonchev–Trinajstić information content (AvgIpc) is 3.43. The number of allylic oxidation sites excluding steroid dienone is 19. The number of phosphoric acid groups is 1. The van der Waals surface area contributed by atoms with Crippen molar-refractivity contribution in [1.29, 1.82) is 0 Å². The van der Waals surface area contributed by atoms with Gasteiger partial charge in [0.2, 0.25) is 5.91 Å². The highest BCUT2D eigenvalue weighted by Gasteiger charge is 2.27. The molecule has 0 radical (unpaired) electrons. The fourth-order valence-corrected chi connectivity index (χ4v) is 9.39. The van der Waals surface area contributed by atoms with Crippen LogP contribution in [-0.2, 0) is 27.9 Å². The quantitative estimate of drug-likeness (QED) is 0.0212. The lowest BCUT2D eigenvalue weighted by molar-refractivity contribution is -0.870. The second-order valence-electron chi connectivity index (χ2n) is 22.5. The zero-order valence-electron chi connectivity index (χ0n) is 52.2. The first-order valence-electron chi connectivity index (χ1n) is 32.3. The standard InChI is InChI=1S/C70H121N2O7P/c1-7-10-13-16-19-22-25-27-29-31-32-33-34-35-36-37-38-39-40-41-43-45-48-51-54-57-60-63-70(74)79-68(61-58-55-52-49-46-24-21-18-15-12-9-3)67(66-78-80(75,76)77-65-64-72(4,5)6)71-69(73)62-59-56-53-50-47-44-42-30-28-26-23-20-17-14-11-8-2/h11,14,19-20,22-23,27-30,32-33,35-36,44,47,53,56,58,61,67-68H,7-10,12-13,15-18,21,24-26,31,34,37-43,45-46,48-52,54-55,57,59-60,62-66H2,1-6H3,(H-,71,73,75,76)/b14-11+,22-19-,23-20+,29-27-,30-28+,33-32-,36-35-,47-44+,56-53+,61-58-. The Morgan fingerprint density at radius 2 is 0.812 bits per heavy atom. The molecule has 0 bridgehead atoms. The van der Waals surface area contributed by atoms with Crippen LogP contribution >= 0.6 is 7.82 Å². The lowest BCUT2D eigenvalue weighted by atomic mass is 10.0. The van der Waals surface area contributed by atoms with Crippen molar-refractivity contribution in [3.63, 3.8) is 0 Å². The molecule has 0 heterocycles. The number of ether oxygens (including phenoxy) is 1. The van der Waals surface area contributed by atoms with Gasteiger partial charge in [0.1, 0.15) is 19.3 Å². The summed E-state index contributed by atoms with van der Waals surface area (Å²) in [6.07, 6.45) is 82.0. The Morgan fingerprint density at radius 3 is 1.25 bits per heavy atom. The monoisotopic (exact) mass is 1130 g/mol. The van der Waals surface area contributed by atoms with Gasteiger partial charge in [-0.1, -0.05) is 258 Å². The van der Waals surface area contributed by atoms with Crippen LogP contribution in [0.15, 0.2) is 122 Å². The summed E-state index contributed by atoms with van der Waals surface area (Å²) in [5.74, 6) is -0.647. The number of hydrogen-bond donors (Lipinski definition) is 1. The number of phosphoric ester groups is 1. The fourth-order valence-electron chi connectivity index (χ4n) is 8.67. The molecular weight excluding hydrogens is 1010 g/mol. The molecule has 0 spiro atoms. The minimum atomic E-state index is -4.73. The minimum absolute atomic E-state index is 0.0418. The van der Waals surface area contributed by atoms with Crippen LogP contribution < -0.4 is 10.2 Å². The Balaban J connectivity index is 5.16. The third kappa shape index (κ3) is 59.0. The van der Waals surface area contributed by atoms with Gasteiger partial charge in [0.25, 0.3) is 7.82 Å². The highest BCUT2D eigenvalue weighted by molar-refractivity contribution is 7.45. The number of rotatable bonds is 57. The molecule has 458 valence electrons. The van der Waals surface area contributed by atoms with E-state index in [4.69, 9.17) is 13.8 Å². The van der Waals surface area contributed by atoms with Gasteiger partial charge in [-0.3, -0.25) is 14.2 Å². The third-order valence-corrected chi connectivity index (χ3v) is 14.6. The predicted molar refractivity (Wildman–Crippen MR) is 343 cm³/mol. The highest BCUT2D eigenvalue weighted by atomic mass is 31.2. The molecule has 0 aromatic carbocycles. The first-order chi connectivity index (χ1) is 38.9. The molecule has 0 fully saturated rings. The maximum absolute atomic E-state index is 13.5. The van der Waals surface area contributed by atoms with E-state index >= 15 is 0 Å². The Hall–Kier alpha value is -3.59. The summed E-state index contributed by atoms with van der Waals surface area (Å²) in [6.45, 7) is 6.62. The first-order valence-corrected chi connectivity index (χ1v) is 33.8. The zero-order valence-corrected chi connectivity index (χ0v) is 53.1. The topological polar surface area (TPSA) is 114 Å². The lowest BCUT2D eigenvalue weighted by Gasteiger charge is -2.30. The molecule has 80 heavy (non-hydrogen) atoms. The van der Waals surface area contributed by atoms with Gasteiger partial charge in [0, 0.05) is 12.8 Å². The molecule has 0 saturated carbocycles. The van der Waals surface area contributed by atoms with Crippen molar-refractivity contribution in [2.24, 2.45) is 0 Å². The number of amides is 1. The normalized spacial score (nSPS) is 14.4. The van der Waals surface area contributed by atoms with Gasteiger partial charge in [-0.05, 0) is 109 Å². The van der Waals surface area contributed by atoms with Crippen molar-refractivity contribution >= 4 is 19.7 Å². The molecule has 0 aromatic rings. The summed E-state index contributed by atoms with van der Waals surface area (Å²) in [5.41, 5.74) is 0. The number of carbonyl (C=O) groups excluding carboxylic acids is 2. The molecule has 0 aliphatic heterocycles. The van der Waals surface area contributed by atoms with Gasteiger partial charge < -0.3 is 28.5 Å². The zero-order chi connectivity index (χ0) is 58.6. The Labute approximate surface area is 493 Å². The van der Waals surface area contributed by atoms with E-state index in [1.807, 2.05) is 45.4 Å². The average molecular weight is 1130 g/mol. The molecule has 0 rings (SSSR count). The van der Waals surface area contributed by atoms with E-state index in [0.29, 0.717) is 23.9 Å². The smallest absolute Gasteiger partial charge is 0.306 e. The van der Waals surface area contributed by atoms with E-state index in [-0.39, 0.29) is 31.3 Å². The highest BCUT2D eigenvalue weighted by Crippen LogP contribution is 2.38. The molecule has 0 aliphatic carbocycles. The molecule has 3 unspecified atom stereocenters. The number of esters is 1. The van der Waals surface area contributed by atoms with Crippen molar-refractivity contribution < 1.29 is 37.3 Å². The Kier molecular flexibility index (Phi) is 56.0. The predicted octanol–water partition coefficient (Wildman–Crippen LogP) is 19.6. The fraction of sp³-hybridized carbons (Fsp3) is 0.686. The number of nitrogens with zero attached hydrogens (tertiary/aromatic N) is 1. The molecule has 10 heteroatoms. The summed E-state index contributed by atoms with van der Waals surface area (Å²) in [5, 5.41) is 2.97. The number of likely N-dealkylation sites (N-methyl/N-ethyl adjacent to an activating group) is 1. The molecular formula is C70H121N2O7P. The maximum Gasteiger partial charge on any atom is 0.306 e. The summed E-state index contributed by atoms with van der Waals surface area (Å²) in [6, 6.07) is -0.937. The Bertz CT molecular complexity index is 1780. The van der Waals surface area contributed by atoms with Crippen LogP contribution in [0.1, 0.15) is 258 Å². The molecule has 0 aromatic heterocycles. The largest absolute Gasteiger partial charge is 0.756 e. The van der Waals surface area contributed by atoms with Crippen molar-refractivity contribution in [3.05, 3.63) is 122 Å². The second kappa shape index (κ2) is 58.6. The first kappa shape index (κ1) is 76.4. The number of hydrogen-bond acceptors (Lipinski definition) is 7. The van der Waals surface area contributed by atoms with Crippen molar-refractivity contribution in [2.75, 3.05) is 40.9 Å². The van der Waals surface area contributed by atoms with Gasteiger partial charge in [0.05, 0.1) is 33.8 Å².